The first-order valence-electron chi connectivity index (χ1n) is 9.73. The highest BCUT2D eigenvalue weighted by atomic mass is 14.4. The third kappa shape index (κ3) is 5.68. The highest BCUT2D eigenvalue weighted by molar-refractivity contribution is 5.18. The van der Waals surface area contributed by atoms with Crippen LogP contribution in [0.25, 0.3) is 0 Å². The van der Waals surface area contributed by atoms with Crippen molar-refractivity contribution in [3.05, 3.63) is 0 Å². The van der Waals surface area contributed by atoms with E-state index in [1.165, 1.54) is 83.5 Å². The molecule has 2 aliphatic rings. The molecule has 22 heavy (non-hydrogen) atoms. The summed E-state index contributed by atoms with van der Waals surface area (Å²) in [6.07, 6.45) is 18.3. The molecular weight excluding hydrogens is 266 g/mol. The van der Waals surface area contributed by atoms with Crippen LogP contribution in [0.15, 0.2) is 0 Å². The fraction of sp³-hybridized carbons (Fsp3) is 0.857. The summed E-state index contributed by atoms with van der Waals surface area (Å²) < 4.78 is 0. The van der Waals surface area contributed by atoms with Gasteiger partial charge in [0.15, 0.2) is 6.07 Å². The topological polar surface area (TPSA) is 23.8 Å². The standard InChI is InChI=1S/C21H33N/c1-2-3-4-5-7-18-9-13-20(14-10-18)21-15-11-19(12-16-21)8-6-17-22/h18-21H,2-5,7,9-16H2,1H3. The minimum Gasteiger partial charge on any atom is -0.183 e. The van der Waals surface area contributed by atoms with Gasteiger partial charge in [0, 0.05) is 11.8 Å². The quantitative estimate of drug-likeness (QED) is 0.429. The molecule has 0 unspecified atom stereocenters. The summed E-state index contributed by atoms with van der Waals surface area (Å²) in [7, 11) is 0. The van der Waals surface area contributed by atoms with E-state index < -0.39 is 0 Å². The van der Waals surface area contributed by atoms with Gasteiger partial charge >= 0.3 is 0 Å². The minimum atomic E-state index is 0.505. The second-order valence-corrected chi connectivity index (χ2v) is 7.62. The van der Waals surface area contributed by atoms with E-state index in [0.29, 0.717) is 5.92 Å². The molecule has 0 N–H and O–H groups in total. The van der Waals surface area contributed by atoms with Gasteiger partial charge in [-0.15, -0.1) is 0 Å². The molecule has 2 saturated carbocycles. The van der Waals surface area contributed by atoms with Crippen LogP contribution in [0.3, 0.4) is 0 Å². The van der Waals surface area contributed by atoms with Crippen molar-refractivity contribution in [1.82, 2.24) is 0 Å². The molecule has 1 heteroatoms. The second kappa shape index (κ2) is 9.94. The van der Waals surface area contributed by atoms with Crippen molar-refractivity contribution < 1.29 is 0 Å². The van der Waals surface area contributed by atoms with Crippen molar-refractivity contribution in [3.8, 4) is 17.9 Å². The van der Waals surface area contributed by atoms with Crippen LogP contribution in [0.4, 0.5) is 0 Å². The lowest BCUT2D eigenvalue weighted by Crippen LogP contribution is -2.25. The molecule has 0 amide bonds. The molecule has 2 aliphatic carbocycles. The molecule has 0 spiro atoms. The Morgan fingerprint density at radius 3 is 2.05 bits per heavy atom. The first-order chi connectivity index (χ1) is 10.8. The molecule has 0 radical (unpaired) electrons. The van der Waals surface area contributed by atoms with Crippen molar-refractivity contribution in [1.29, 1.82) is 5.26 Å². The minimum absolute atomic E-state index is 0.505. The maximum atomic E-state index is 8.55. The zero-order valence-corrected chi connectivity index (χ0v) is 14.4. The molecule has 2 rings (SSSR count). The Morgan fingerprint density at radius 2 is 1.45 bits per heavy atom. The Balaban J connectivity index is 1.62. The predicted octanol–water partition coefficient (Wildman–Crippen LogP) is 6.10. The molecule has 2 fully saturated rings. The van der Waals surface area contributed by atoms with E-state index in [4.69, 9.17) is 5.26 Å². The van der Waals surface area contributed by atoms with E-state index in [-0.39, 0.29) is 0 Å². The highest BCUT2D eigenvalue weighted by Gasteiger charge is 2.30. The summed E-state index contributed by atoms with van der Waals surface area (Å²) in [5, 5.41) is 8.55. The fourth-order valence-corrected chi connectivity index (χ4v) is 4.68. The summed E-state index contributed by atoms with van der Waals surface area (Å²) in [5.74, 6) is 9.22. The molecular formula is C21H33N. The summed E-state index contributed by atoms with van der Waals surface area (Å²) in [4.78, 5) is 0. The van der Waals surface area contributed by atoms with E-state index in [2.05, 4.69) is 18.8 Å². The molecule has 0 aromatic rings. The first kappa shape index (κ1) is 17.4. The van der Waals surface area contributed by atoms with Gasteiger partial charge in [-0.3, -0.25) is 0 Å². The van der Waals surface area contributed by atoms with Gasteiger partial charge in [-0.25, -0.2) is 0 Å². The lowest BCUT2D eigenvalue weighted by molar-refractivity contribution is 0.153. The van der Waals surface area contributed by atoms with Gasteiger partial charge in [-0.05, 0) is 56.3 Å². The van der Waals surface area contributed by atoms with Gasteiger partial charge in [0.1, 0.15) is 0 Å². The number of rotatable bonds is 6. The van der Waals surface area contributed by atoms with Gasteiger partial charge in [-0.2, -0.15) is 5.26 Å². The monoisotopic (exact) mass is 299 g/mol. The van der Waals surface area contributed by atoms with E-state index in [9.17, 15) is 0 Å². The van der Waals surface area contributed by atoms with Crippen molar-refractivity contribution in [2.75, 3.05) is 0 Å². The Morgan fingerprint density at radius 1 is 0.818 bits per heavy atom. The van der Waals surface area contributed by atoms with Crippen LogP contribution in [-0.2, 0) is 0 Å². The maximum Gasteiger partial charge on any atom is 0.152 e. The van der Waals surface area contributed by atoms with E-state index in [1.807, 2.05) is 6.07 Å². The Bertz CT molecular complexity index is 392. The highest BCUT2D eigenvalue weighted by Crippen LogP contribution is 2.42. The fourth-order valence-electron chi connectivity index (χ4n) is 4.68. The van der Waals surface area contributed by atoms with Gasteiger partial charge in [0.05, 0.1) is 0 Å². The summed E-state index contributed by atoms with van der Waals surface area (Å²) >= 11 is 0. The molecule has 0 atom stereocenters. The average molecular weight is 300 g/mol. The third-order valence-corrected chi connectivity index (χ3v) is 6.13. The summed E-state index contributed by atoms with van der Waals surface area (Å²) in [6.45, 7) is 2.30. The van der Waals surface area contributed by atoms with Crippen LogP contribution in [0.1, 0.15) is 90.4 Å². The van der Waals surface area contributed by atoms with Crippen molar-refractivity contribution in [3.63, 3.8) is 0 Å². The SMILES string of the molecule is CCCCCCC1CCC(C2CCC(C#CC#N)CC2)CC1. The van der Waals surface area contributed by atoms with E-state index >= 15 is 0 Å². The number of hydrogen-bond donors (Lipinski definition) is 0. The predicted molar refractivity (Wildman–Crippen MR) is 93.0 cm³/mol. The number of unbranched alkanes of at least 4 members (excludes halogenated alkanes) is 3. The Kier molecular flexibility index (Phi) is 7.87. The number of hydrogen-bond acceptors (Lipinski definition) is 1. The van der Waals surface area contributed by atoms with Gasteiger partial charge < -0.3 is 0 Å². The first-order valence-corrected chi connectivity index (χ1v) is 9.73. The van der Waals surface area contributed by atoms with Crippen LogP contribution in [0.2, 0.25) is 0 Å². The molecule has 0 heterocycles. The molecule has 0 bridgehead atoms. The zero-order chi connectivity index (χ0) is 15.6. The van der Waals surface area contributed by atoms with Crippen LogP contribution in [-0.4, -0.2) is 0 Å². The molecule has 122 valence electrons. The lowest BCUT2D eigenvalue weighted by Gasteiger charge is -2.37. The number of nitriles is 1. The van der Waals surface area contributed by atoms with Gasteiger partial charge in [-0.1, -0.05) is 57.8 Å². The molecule has 0 aromatic heterocycles. The summed E-state index contributed by atoms with van der Waals surface area (Å²) in [5.41, 5.74) is 0. The molecule has 1 nitrogen and oxygen atoms in total. The van der Waals surface area contributed by atoms with E-state index in [1.54, 1.807) is 0 Å². The normalized spacial score (nSPS) is 31.8. The van der Waals surface area contributed by atoms with Crippen LogP contribution in [0.5, 0.6) is 0 Å². The number of nitrogens with zero attached hydrogens (tertiary/aromatic N) is 1. The third-order valence-electron chi connectivity index (χ3n) is 6.13. The van der Waals surface area contributed by atoms with E-state index in [0.717, 1.165) is 17.8 Å². The summed E-state index contributed by atoms with van der Waals surface area (Å²) in [6, 6.07) is 1.96. The van der Waals surface area contributed by atoms with Crippen molar-refractivity contribution in [2.24, 2.45) is 23.7 Å². The van der Waals surface area contributed by atoms with Crippen LogP contribution < -0.4 is 0 Å². The largest absolute Gasteiger partial charge is 0.183 e. The smallest absolute Gasteiger partial charge is 0.152 e. The van der Waals surface area contributed by atoms with Crippen LogP contribution >= 0.6 is 0 Å². The Hall–Kier alpha value is -0.950. The maximum absolute atomic E-state index is 8.55. The molecule has 0 saturated heterocycles. The lowest BCUT2D eigenvalue weighted by atomic mass is 9.69. The molecule has 0 aromatic carbocycles. The average Bonchev–Trinajstić information content (AvgIpc) is 2.58. The van der Waals surface area contributed by atoms with Crippen molar-refractivity contribution in [2.45, 2.75) is 90.4 Å². The van der Waals surface area contributed by atoms with Gasteiger partial charge in [0.2, 0.25) is 0 Å². The Labute approximate surface area is 137 Å². The zero-order valence-electron chi connectivity index (χ0n) is 14.4. The molecule has 0 aliphatic heterocycles. The van der Waals surface area contributed by atoms with Crippen molar-refractivity contribution >= 4 is 0 Å². The van der Waals surface area contributed by atoms with Gasteiger partial charge in [0.25, 0.3) is 0 Å². The second-order valence-electron chi connectivity index (χ2n) is 7.62. The van der Waals surface area contributed by atoms with Crippen LogP contribution in [0, 0.1) is 46.8 Å².